The first-order valence-corrected chi connectivity index (χ1v) is 12.8. The summed E-state index contributed by atoms with van der Waals surface area (Å²) in [6.45, 7) is 6.91. The van der Waals surface area contributed by atoms with E-state index in [4.69, 9.17) is 0 Å². The van der Waals surface area contributed by atoms with E-state index in [-0.39, 0.29) is 28.9 Å². The second kappa shape index (κ2) is 8.03. The molecule has 0 radical (unpaired) electrons. The third-order valence-corrected chi connectivity index (χ3v) is 9.35. The molecule has 1 aromatic rings. The number of nitrogens with zero attached hydrogens (tertiary/aromatic N) is 2. The maximum absolute atomic E-state index is 12.8. The van der Waals surface area contributed by atoms with Crippen LogP contribution in [0, 0.1) is 5.92 Å². The highest BCUT2D eigenvalue weighted by atomic mass is 32.2. The Balaban J connectivity index is 1.50. The molecule has 1 amide bonds. The van der Waals surface area contributed by atoms with E-state index in [9.17, 15) is 13.2 Å². The third-order valence-electron chi connectivity index (χ3n) is 7.11. The van der Waals surface area contributed by atoms with Gasteiger partial charge in [-0.05, 0) is 60.5 Å². The van der Waals surface area contributed by atoms with Gasteiger partial charge >= 0.3 is 0 Å². The molecule has 1 spiro atoms. The van der Waals surface area contributed by atoms with Crippen LogP contribution in [0.2, 0.25) is 0 Å². The normalized spacial score (nSPS) is 24.4. The second-order valence-corrected chi connectivity index (χ2v) is 11.6. The van der Waals surface area contributed by atoms with Crippen molar-refractivity contribution in [3.63, 3.8) is 0 Å². The fourth-order valence-corrected chi connectivity index (χ4v) is 7.50. The summed E-state index contributed by atoms with van der Waals surface area (Å²) in [7, 11) is -3.18. The average Bonchev–Trinajstić information content (AvgIpc) is 3.30. The molecule has 1 unspecified atom stereocenters. The van der Waals surface area contributed by atoms with Crippen molar-refractivity contribution in [1.29, 1.82) is 0 Å². The predicted octanol–water partition coefficient (Wildman–Crippen LogP) is 3.51. The molecule has 2 fully saturated rings. The molecule has 0 N–H and O–H groups in total. The standard InChI is InChI=1S/C23H34N2O3S/c1-18(2)17-29(27,28)25-13-9-23(10-14-25)16-19(20-7-3-4-8-21(20)23)15-22(26)24-11-5-6-12-24/h3-4,7-8,18-19H,5-6,9-17H2,1-2H3. The molecule has 160 valence electrons. The van der Waals surface area contributed by atoms with Crippen LogP contribution < -0.4 is 0 Å². The summed E-state index contributed by atoms with van der Waals surface area (Å²) in [4.78, 5) is 14.8. The Morgan fingerprint density at radius 2 is 1.76 bits per heavy atom. The average molecular weight is 419 g/mol. The van der Waals surface area contributed by atoms with Crippen molar-refractivity contribution in [2.75, 3.05) is 31.9 Å². The van der Waals surface area contributed by atoms with Crippen LogP contribution in [-0.4, -0.2) is 55.5 Å². The lowest BCUT2D eigenvalue weighted by Crippen LogP contribution is -2.45. The zero-order valence-electron chi connectivity index (χ0n) is 17.8. The molecular weight excluding hydrogens is 384 g/mol. The number of sulfonamides is 1. The number of piperidine rings is 1. The Labute approximate surface area is 175 Å². The van der Waals surface area contributed by atoms with Gasteiger partial charge in [-0.2, -0.15) is 0 Å². The van der Waals surface area contributed by atoms with E-state index in [0.717, 1.165) is 45.2 Å². The molecule has 6 heteroatoms. The van der Waals surface area contributed by atoms with Gasteiger partial charge < -0.3 is 4.90 Å². The number of likely N-dealkylation sites (tertiary alicyclic amines) is 1. The van der Waals surface area contributed by atoms with Crippen LogP contribution in [-0.2, 0) is 20.2 Å². The van der Waals surface area contributed by atoms with Gasteiger partial charge in [0.2, 0.25) is 15.9 Å². The van der Waals surface area contributed by atoms with Crippen LogP contribution in [0.15, 0.2) is 24.3 Å². The van der Waals surface area contributed by atoms with E-state index in [1.54, 1.807) is 4.31 Å². The monoisotopic (exact) mass is 418 g/mol. The van der Waals surface area contributed by atoms with Crippen LogP contribution in [0.25, 0.3) is 0 Å². The summed E-state index contributed by atoms with van der Waals surface area (Å²) in [6, 6.07) is 8.57. The Morgan fingerprint density at radius 1 is 1.10 bits per heavy atom. The van der Waals surface area contributed by atoms with Crippen molar-refractivity contribution >= 4 is 15.9 Å². The van der Waals surface area contributed by atoms with Gasteiger partial charge in [0.25, 0.3) is 0 Å². The van der Waals surface area contributed by atoms with Crippen molar-refractivity contribution in [3.05, 3.63) is 35.4 Å². The Bertz CT molecular complexity index is 851. The van der Waals surface area contributed by atoms with Gasteiger partial charge in [-0.3, -0.25) is 4.79 Å². The van der Waals surface area contributed by atoms with Crippen LogP contribution in [0.1, 0.15) is 69.4 Å². The first-order valence-electron chi connectivity index (χ1n) is 11.2. The highest BCUT2D eigenvalue weighted by Gasteiger charge is 2.47. The maximum atomic E-state index is 12.8. The predicted molar refractivity (Wildman–Crippen MR) is 115 cm³/mol. The lowest BCUT2D eigenvalue weighted by molar-refractivity contribution is -0.130. The lowest BCUT2D eigenvalue weighted by Gasteiger charge is -2.40. The molecular formula is C23H34N2O3S. The van der Waals surface area contributed by atoms with Gasteiger partial charge in [0.15, 0.2) is 0 Å². The number of hydrogen-bond acceptors (Lipinski definition) is 3. The third kappa shape index (κ3) is 4.11. The Hall–Kier alpha value is -1.40. The van der Waals surface area contributed by atoms with E-state index < -0.39 is 10.0 Å². The van der Waals surface area contributed by atoms with Crippen molar-refractivity contribution < 1.29 is 13.2 Å². The number of rotatable bonds is 5. The SMILES string of the molecule is CC(C)CS(=O)(=O)N1CCC2(CC1)CC(CC(=O)N1CCCC1)c1ccccc12. The van der Waals surface area contributed by atoms with E-state index in [2.05, 4.69) is 24.3 Å². The molecule has 2 aliphatic heterocycles. The van der Waals surface area contributed by atoms with Gasteiger partial charge in [-0.15, -0.1) is 0 Å². The molecule has 4 rings (SSSR count). The van der Waals surface area contributed by atoms with Crippen molar-refractivity contribution in [2.45, 2.75) is 63.7 Å². The maximum Gasteiger partial charge on any atom is 0.223 e. The highest BCUT2D eigenvalue weighted by molar-refractivity contribution is 7.89. The zero-order valence-corrected chi connectivity index (χ0v) is 18.6. The minimum Gasteiger partial charge on any atom is -0.343 e. The van der Waals surface area contributed by atoms with Crippen molar-refractivity contribution in [1.82, 2.24) is 9.21 Å². The minimum atomic E-state index is -3.18. The van der Waals surface area contributed by atoms with Gasteiger partial charge in [-0.1, -0.05) is 38.1 Å². The topological polar surface area (TPSA) is 57.7 Å². The fourth-order valence-electron chi connectivity index (χ4n) is 5.71. The summed E-state index contributed by atoms with van der Waals surface area (Å²) in [5.41, 5.74) is 2.70. The molecule has 1 aromatic carbocycles. The van der Waals surface area contributed by atoms with E-state index in [1.807, 2.05) is 18.7 Å². The molecule has 5 nitrogen and oxygen atoms in total. The molecule has 1 aliphatic carbocycles. The second-order valence-electron chi connectivity index (χ2n) is 9.63. The van der Waals surface area contributed by atoms with E-state index in [0.29, 0.717) is 19.5 Å². The first-order chi connectivity index (χ1) is 13.8. The Morgan fingerprint density at radius 3 is 2.41 bits per heavy atom. The first kappa shape index (κ1) is 20.9. The fraction of sp³-hybridized carbons (Fsp3) is 0.696. The van der Waals surface area contributed by atoms with Crippen molar-refractivity contribution in [3.8, 4) is 0 Å². The minimum absolute atomic E-state index is 0.0242. The Kier molecular flexibility index (Phi) is 5.77. The number of benzene rings is 1. The largest absolute Gasteiger partial charge is 0.343 e. The quantitative estimate of drug-likeness (QED) is 0.735. The summed E-state index contributed by atoms with van der Waals surface area (Å²) >= 11 is 0. The van der Waals surface area contributed by atoms with E-state index in [1.165, 1.54) is 11.1 Å². The van der Waals surface area contributed by atoms with E-state index >= 15 is 0 Å². The number of amides is 1. The summed E-state index contributed by atoms with van der Waals surface area (Å²) in [5.74, 6) is 0.919. The lowest BCUT2D eigenvalue weighted by atomic mass is 9.73. The summed E-state index contributed by atoms with van der Waals surface area (Å²) < 4.78 is 27.1. The molecule has 2 heterocycles. The molecule has 1 atom stereocenters. The molecule has 2 saturated heterocycles. The molecule has 29 heavy (non-hydrogen) atoms. The van der Waals surface area contributed by atoms with Crippen LogP contribution in [0.4, 0.5) is 0 Å². The van der Waals surface area contributed by atoms with Gasteiger partial charge in [0, 0.05) is 32.6 Å². The van der Waals surface area contributed by atoms with Crippen LogP contribution in [0.3, 0.4) is 0 Å². The molecule has 0 saturated carbocycles. The number of carbonyl (C=O) groups is 1. The molecule has 0 aromatic heterocycles. The number of hydrogen-bond donors (Lipinski definition) is 0. The summed E-state index contributed by atoms with van der Waals surface area (Å²) in [6.07, 6.45) is 5.53. The number of fused-ring (bicyclic) bond motifs is 2. The van der Waals surface area contributed by atoms with Crippen LogP contribution in [0.5, 0.6) is 0 Å². The summed E-state index contributed by atoms with van der Waals surface area (Å²) in [5, 5.41) is 0. The molecule has 3 aliphatic rings. The van der Waals surface area contributed by atoms with Gasteiger partial charge in [0.1, 0.15) is 0 Å². The van der Waals surface area contributed by atoms with Gasteiger partial charge in [-0.25, -0.2) is 12.7 Å². The van der Waals surface area contributed by atoms with Gasteiger partial charge in [0.05, 0.1) is 5.75 Å². The zero-order chi connectivity index (χ0) is 20.6. The number of carbonyl (C=O) groups excluding carboxylic acids is 1. The highest BCUT2D eigenvalue weighted by Crippen LogP contribution is 2.53. The molecule has 0 bridgehead atoms. The van der Waals surface area contributed by atoms with Crippen LogP contribution >= 0.6 is 0 Å². The van der Waals surface area contributed by atoms with Crippen molar-refractivity contribution in [2.24, 2.45) is 5.92 Å². The smallest absolute Gasteiger partial charge is 0.223 e.